The van der Waals surface area contributed by atoms with Crippen LogP contribution in [0.25, 0.3) is 0 Å². The van der Waals surface area contributed by atoms with E-state index >= 15 is 0 Å². The highest BCUT2D eigenvalue weighted by atomic mass is 31.2. The smallest absolute Gasteiger partial charge is 0.462 e. The van der Waals surface area contributed by atoms with E-state index < -0.39 is 32.5 Å². The highest BCUT2D eigenvalue weighted by Gasteiger charge is 2.22. The molecule has 0 heterocycles. The highest BCUT2D eigenvalue weighted by Crippen LogP contribution is 2.36. The number of rotatable bonds is 35. The maximum atomic E-state index is 12.4. The number of carbonyl (C=O) groups is 2. The summed E-state index contributed by atoms with van der Waals surface area (Å²) in [5.41, 5.74) is 0. The zero-order chi connectivity index (χ0) is 36.8. The Labute approximate surface area is 305 Å². The first kappa shape index (κ1) is 47.8. The number of phosphoric ester groups is 1. The van der Waals surface area contributed by atoms with Crippen molar-refractivity contribution in [1.29, 1.82) is 0 Å². The van der Waals surface area contributed by atoms with E-state index in [0.717, 1.165) is 51.4 Å². The van der Waals surface area contributed by atoms with Gasteiger partial charge in [-0.2, -0.15) is 0 Å². The molecule has 0 saturated carbocycles. The van der Waals surface area contributed by atoms with Crippen molar-refractivity contribution in [1.82, 2.24) is 0 Å². The minimum absolute atomic E-state index is 0.188. The molecule has 0 amide bonds. The lowest BCUT2D eigenvalue weighted by atomic mass is 10.1. The average molecular weight is 723 g/mol. The topological polar surface area (TPSA) is 119 Å². The summed E-state index contributed by atoms with van der Waals surface area (Å²) in [6.07, 6.45) is 45.1. The number of carbonyl (C=O) groups excluding carboxylic acids is 2. The molecule has 0 saturated heterocycles. The van der Waals surface area contributed by atoms with Crippen molar-refractivity contribution in [3.05, 3.63) is 60.8 Å². The van der Waals surface area contributed by atoms with E-state index in [1.165, 1.54) is 77.0 Å². The van der Waals surface area contributed by atoms with E-state index in [4.69, 9.17) is 19.3 Å². The second kappa shape index (κ2) is 36.5. The molecule has 8 nitrogen and oxygen atoms in total. The van der Waals surface area contributed by atoms with E-state index in [0.29, 0.717) is 12.8 Å². The molecular formula is C41H71O8P. The first-order chi connectivity index (χ1) is 24.3. The quantitative estimate of drug-likeness (QED) is 0.0287. The molecule has 0 aromatic rings. The summed E-state index contributed by atoms with van der Waals surface area (Å²) in [5.74, 6) is -0.959. The largest absolute Gasteiger partial charge is 0.469 e. The Hall–Kier alpha value is -2.25. The van der Waals surface area contributed by atoms with Crippen molar-refractivity contribution in [3.8, 4) is 0 Å². The number of unbranched alkanes of at least 4 members (excludes halogenated alkanes) is 15. The Kier molecular flexibility index (Phi) is 34.9. The highest BCUT2D eigenvalue weighted by molar-refractivity contribution is 7.46. The van der Waals surface area contributed by atoms with Gasteiger partial charge in [0.05, 0.1) is 6.61 Å². The summed E-state index contributed by atoms with van der Waals surface area (Å²) in [6.45, 7) is 3.58. The van der Waals surface area contributed by atoms with Gasteiger partial charge in [-0.1, -0.05) is 139 Å². The van der Waals surface area contributed by atoms with Gasteiger partial charge in [-0.25, -0.2) is 4.57 Å². The molecule has 2 N–H and O–H groups in total. The summed E-state index contributed by atoms with van der Waals surface area (Å²) in [6, 6.07) is 0. The van der Waals surface area contributed by atoms with Crippen molar-refractivity contribution in [2.24, 2.45) is 0 Å². The van der Waals surface area contributed by atoms with Gasteiger partial charge >= 0.3 is 19.8 Å². The fourth-order valence-corrected chi connectivity index (χ4v) is 5.42. The summed E-state index contributed by atoms with van der Waals surface area (Å²) >= 11 is 0. The van der Waals surface area contributed by atoms with Crippen LogP contribution in [0, 0.1) is 0 Å². The lowest BCUT2D eigenvalue weighted by molar-refractivity contribution is -0.161. The number of esters is 2. The van der Waals surface area contributed by atoms with Crippen molar-refractivity contribution in [3.63, 3.8) is 0 Å². The van der Waals surface area contributed by atoms with Crippen molar-refractivity contribution < 1.29 is 37.9 Å². The van der Waals surface area contributed by atoms with Gasteiger partial charge in [-0.15, -0.1) is 0 Å². The van der Waals surface area contributed by atoms with Crippen LogP contribution < -0.4 is 0 Å². The molecule has 0 spiro atoms. The predicted octanol–water partition coefficient (Wildman–Crippen LogP) is 11.7. The van der Waals surface area contributed by atoms with Crippen LogP contribution in [0.4, 0.5) is 0 Å². The van der Waals surface area contributed by atoms with Crippen LogP contribution in [-0.4, -0.2) is 41.0 Å². The zero-order valence-electron chi connectivity index (χ0n) is 31.5. The van der Waals surface area contributed by atoms with Crippen molar-refractivity contribution in [2.45, 2.75) is 174 Å². The van der Waals surface area contributed by atoms with Crippen LogP contribution in [0.5, 0.6) is 0 Å². The molecule has 0 fully saturated rings. The van der Waals surface area contributed by atoms with E-state index in [1.54, 1.807) is 0 Å². The minimum atomic E-state index is -4.77. The standard InChI is InChI=1S/C41H71O8P/c1-3-5-7-9-11-13-15-17-19-20-22-23-25-27-29-31-33-35-40(42)47-37-39(38-48-50(44,45)46)49-41(43)36-34-32-30-28-26-24-21-18-16-14-12-10-8-6-4-2/h11,13-14,16-17,19,22-23,27,29,39H,3-10,12,15,18,20-21,24-26,28,30-38H2,1-2H3,(H2,44,45,46)/b13-11+,16-14+,19-17+,23-22+,29-27+/t39-/m1/s1. The maximum absolute atomic E-state index is 12.4. The van der Waals surface area contributed by atoms with E-state index in [2.05, 4.69) is 73.1 Å². The van der Waals surface area contributed by atoms with E-state index in [-0.39, 0.29) is 19.4 Å². The van der Waals surface area contributed by atoms with Gasteiger partial charge in [-0.3, -0.25) is 14.1 Å². The molecule has 0 rings (SSSR count). The summed E-state index contributed by atoms with van der Waals surface area (Å²) in [7, 11) is -4.77. The van der Waals surface area contributed by atoms with Gasteiger partial charge in [-0.05, 0) is 77.0 Å². The SMILES string of the molecule is CCCCC/C=C/C/C=C/C/C=C/C/C=C/CCCC(=O)OC[C@H](COP(=O)(O)O)OC(=O)CCCCCCCCC/C=C/CCCCCC. The Morgan fingerprint density at radius 3 is 1.46 bits per heavy atom. The summed E-state index contributed by atoms with van der Waals surface area (Å²) in [5, 5.41) is 0. The molecule has 0 radical (unpaired) electrons. The van der Waals surface area contributed by atoms with Crippen LogP contribution in [0.1, 0.15) is 168 Å². The second-order valence-corrected chi connectivity index (χ2v) is 14.1. The third-order valence-electron chi connectivity index (χ3n) is 8.01. The molecule has 0 unspecified atom stereocenters. The monoisotopic (exact) mass is 722 g/mol. The van der Waals surface area contributed by atoms with Gasteiger partial charge < -0.3 is 19.3 Å². The third kappa shape index (κ3) is 38.6. The van der Waals surface area contributed by atoms with Crippen molar-refractivity contribution in [2.75, 3.05) is 13.2 Å². The third-order valence-corrected chi connectivity index (χ3v) is 8.49. The lowest BCUT2D eigenvalue weighted by Gasteiger charge is -2.18. The molecule has 0 aliphatic heterocycles. The Bertz CT molecular complexity index is 995. The van der Waals surface area contributed by atoms with Crippen LogP contribution in [0.2, 0.25) is 0 Å². The fourth-order valence-electron chi connectivity index (χ4n) is 5.06. The Balaban J connectivity index is 4.07. The molecule has 0 aliphatic carbocycles. The van der Waals surface area contributed by atoms with Crippen LogP contribution in [-0.2, 0) is 28.2 Å². The van der Waals surface area contributed by atoms with Gasteiger partial charge in [0.15, 0.2) is 6.10 Å². The Morgan fingerprint density at radius 1 is 0.520 bits per heavy atom. The molecule has 0 aromatic heterocycles. The van der Waals surface area contributed by atoms with E-state index in [1.807, 2.05) is 6.08 Å². The fraction of sp³-hybridized carbons (Fsp3) is 0.707. The minimum Gasteiger partial charge on any atom is -0.462 e. The second-order valence-electron chi connectivity index (χ2n) is 12.9. The van der Waals surface area contributed by atoms with Gasteiger partial charge in [0.2, 0.25) is 0 Å². The summed E-state index contributed by atoms with van der Waals surface area (Å²) < 4.78 is 26.3. The van der Waals surface area contributed by atoms with Crippen LogP contribution >= 0.6 is 7.82 Å². The molecular weight excluding hydrogens is 651 g/mol. The number of phosphoric acid groups is 1. The van der Waals surface area contributed by atoms with Gasteiger partial charge in [0, 0.05) is 12.8 Å². The van der Waals surface area contributed by atoms with Crippen LogP contribution in [0.3, 0.4) is 0 Å². The molecule has 1 atom stereocenters. The number of ether oxygens (including phenoxy) is 2. The normalized spacial score (nSPS) is 13.1. The summed E-state index contributed by atoms with van der Waals surface area (Å²) in [4.78, 5) is 42.7. The zero-order valence-corrected chi connectivity index (χ0v) is 32.4. The van der Waals surface area contributed by atoms with Gasteiger partial charge in [0.25, 0.3) is 0 Å². The molecule has 288 valence electrons. The van der Waals surface area contributed by atoms with E-state index in [9.17, 15) is 14.2 Å². The Morgan fingerprint density at radius 2 is 0.920 bits per heavy atom. The molecule has 50 heavy (non-hydrogen) atoms. The van der Waals surface area contributed by atoms with Gasteiger partial charge in [0.1, 0.15) is 6.61 Å². The predicted molar refractivity (Wildman–Crippen MR) is 207 cm³/mol. The maximum Gasteiger partial charge on any atom is 0.469 e. The molecule has 0 bridgehead atoms. The first-order valence-electron chi connectivity index (χ1n) is 19.6. The lowest BCUT2D eigenvalue weighted by Crippen LogP contribution is -2.29. The number of hydrogen-bond donors (Lipinski definition) is 2. The number of hydrogen-bond acceptors (Lipinski definition) is 6. The average Bonchev–Trinajstić information content (AvgIpc) is 3.08. The first-order valence-corrected chi connectivity index (χ1v) is 21.1. The van der Waals surface area contributed by atoms with Crippen molar-refractivity contribution >= 4 is 19.8 Å². The molecule has 0 aliphatic rings. The van der Waals surface area contributed by atoms with Crippen LogP contribution in [0.15, 0.2) is 60.8 Å². The molecule has 0 aromatic carbocycles. The molecule has 9 heteroatoms. The number of allylic oxidation sites excluding steroid dienone is 10.